The maximum atomic E-state index is 13.0. The number of benzene rings is 1. The van der Waals surface area contributed by atoms with Crippen LogP contribution >= 0.6 is 0 Å². The fourth-order valence-corrected chi connectivity index (χ4v) is 2.93. The molecule has 29 heavy (non-hydrogen) atoms. The highest BCUT2D eigenvalue weighted by Crippen LogP contribution is 2.31. The second-order valence-electron chi connectivity index (χ2n) is 6.55. The second kappa shape index (κ2) is 9.90. The highest BCUT2D eigenvalue weighted by molar-refractivity contribution is 6.09. The summed E-state index contributed by atoms with van der Waals surface area (Å²) in [6, 6.07) is 6.61. The summed E-state index contributed by atoms with van der Waals surface area (Å²) in [4.78, 5) is 16.6. The summed E-state index contributed by atoms with van der Waals surface area (Å²) >= 11 is 0. The monoisotopic (exact) mass is 407 g/mol. The van der Waals surface area contributed by atoms with Gasteiger partial charge < -0.3 is 16.4 Å². The number of rotatable bonds is 5. The Hall–Kier alpha value is -3.10. The Bertz CT molecular complexity index is 856. The van der Waals surface area contributed by atoms with Crippen LogP contribution in [0, 0.1) is 5.41 Å². The molecule has 0 unspecified atom stereocenters. The lowest BCUT2D eigenvalue weighted by molar-refractivity contribution is -0.0933. The fraction of sp³-hybridized carbons (Fsp3) is 0.350. The number of allylic oxidation sites excluding steroid dienone is 2. The lowest BCUT2D eigenvalue weighted by Crippen LogP contribution is -2.28. The molecular weight excluding hydrogens is 383 g/mol. The molecular formula is C20H24F3N5O. The van der Waals surface area contributed by atoms with Gasteiger partial charge in [-0.2, -0.15) is 13.2 Å². The number of carbonyl (C=O) groups is 1. The summed E-state index contributed by atoms with van der Waals surface area (Å²) in [6.45, 7) is 0.141. The summed E-state index contributed by atoms with van der Waals surface area (Å²) in [5, 5.41) is 12.8. The van der Waals surface area contributed by atoms with E-state index in [0.29, 0.717) is 29.7 Å². The summed E-state index contributed by atoms with van der Waals surface area (Å²) in [7, 11) is 1.67. The van der Waals surface area contributed by atoms with Gasteiger partial charge in [-0.25, -0.2) is 0 Å². The lowest BCUT2D eigenvalue weighted by atomic mass is 9.91. The van der Waals surface area contributed by atoms with Gasteiger partial charge in [0, 0.05) is 23.9 Å². The topological polar surface area (TPSA) is 103 Å². The van der Waals surface area contributed by atoms with E-state index >= 15 is 0 Å². The molecule has 0 atom stereocenters. The van der Waals surface area contributed by atoms with Gasteiger partial charge in [-0.1, -0.05) is 12.1 Å². The number of nitrogens with one attached hydrogen (secondary N) is 3. The van der Waals surface area contributed by atoms with Crippen molar-refractivity contribution in [2.24, 2.45) is 10.7 Å². The fourth-order valence-electron chi connectivity index (χ4n) is 2.93. The number of carbonyl (C=O) groups excluding carboxylic acids is 1. The quantitative estimate of drug-likeness (QED) is 0.444. The largest absolute Gasteiger partial charge is 0.431 e. The molecule has 1 fully saturated rings. The first-order valence-corrected chi connectivity index (χ1v) is 9.14. The zero-order valence-electron chi connectivity index (χ0n) is 16.1. The van der Waals surface area contributed by atoms with E-state index in [1.165, 1.54) is 12.3 Å². The van der Waals surface area contributed by atoms with Crippen LogP contribution in [0.5, 0.6) is 0 Å². The van der Waals surface area contributed by atoms with Crippen LogP contribution in [0.3, 0.4) is 0 Å². The summed E-state index contributed by atoms with van der Waals surface area (Å²) in [5.41, 5.74) is 5.71. The van der Waals surface area contributed by atoms with Gasteiger partial charge in [0.2, 0.25) is 0 Å². The normalized spacial score (nSPS) is 18.0. The molecule has 0 spiro atoms. The Labute approximate surface area is 167 Å². The Morgan fingerprint density at radius 3 is 2.72 bits per heavy atom. The van der Waals surface area contributed by atoms with E-state index in [0.717, 1.165) is 6.42 Å². The van der Waals surface area contributed by atoms with Gasteiger partial charge in [0.15, 0.2) is 0 Å². The van der Waals surface area contributed by atoms with Crippen molar-refractivity contribution in [2.75, 3.05) is 7.05 Å². The Morgan fingerprint density at radius 1 is 1.31 bits per heavy atom. The van der Waals surface area contributed by atoms with Crippen molar-refractivity contribution >= 4 is 17.5 Å². The molecule has 5 N–H and O–H groups in total. The van der Waals surface area contributed by atoms with Crippen LogP contribution in [0.25, 0.3) is 0 Å². The van der Waals surface area contributed by atoms with Crippen LogP contribution < -0.4 is 16.4 Å². The van der Waals surface area contributed by atoms with E-state index in [1.54, 1.807) is 31.3 Å². The van der Waals surface area contributed by atoms with Crippen molar-refractivity contribution in [2.45, 2.75) is 38.4 Å². The number of amidine groups is 1. The molecule has 1 amide bonds. The molecule has 0 aromatic heterocycles. The summed E-state index contributed by atoms with van der Waals surface area (Å²) < 4.78 is 39.0. The Morgan fingerprint density at radius 2 is 2.03 bits per heavy atom. The van der Waals surface area contributed by atoms with Crippen LogP contribution in [0.1, 0.15) is 41.6 Å². The first-order chi connectivity index (χ1) is 13.7. The number of nitrogens with two attached hydrogens (primary N) is 1. The van der Waals surface area contributed by atoms with Crippen molar-refractivity contribution in [3.8, 4) is 0 Å². The van der Waals surface area contributed by atoms with E-state index in [4.69, 9.17) is 11.1 Å². The molecule has 0 saturated heterocycles. The van der Waals surface area contributed by atoms with E-state index < -0.39 is 17.8 Å². The predicted octanol–water partition coefficient (Wildman–Crippen LogP) is 3.42. The highest BCUT2D eigenvalue weighted by Gasteiger charge is 2.35. The molecule has 9 heteroatoms. The van der Waals surface area contributed by atoms with Crippen molar-refractivity contribution < 1.29 is 18.0 Å². The van der Waals surface area contributed by atoms with Gasteiger partial charge in [0.25, 0.3) is 5.91 Å². The van der Waals surface area contributed by atoms with Crippen molar-refractivity contribution in [1.82, 2.24) is 10.6 Å². The minimum Gasteiger partial charge on any atom is -0.394 e. The van der Waals surface area contributed by atoms with Crippen LogP contribution in [0.15, 0.2) is 52.8 Å². The summed E-state index contributed by atoms with van der Waals surface area (Å²) in [6.07, 6.45) is 0.452. The van der Waals surface area contributed by atoms with Gasteiger partial charge in [0.05, 0.1) is 6.54 Å². The van der Waals surface area contributed by atoms with Crippen molar-refractivity contribution in [1.29, 1.82) is 5.41 Å². The molecule has 1 aromatic carbocycles. The van der Waals surface area contributed by atoms with Gasteiger partial charge in [-0.15, -0.1) is 0 Å². The molecule has 0 aliphatic heterocycles. The maximum absolute atomic E-state index is 13.0. The predicted molar refractivity (Wildman–Crippen MR) is 107 cm³/mol. The minimum atomic E-state index is -4.57. The minimum absolute atomic E-state index is 0.0717. The second-order valence-corrected chi connectivity index (χ2v) is 6.55. The SMILES string of the molecule is CN/C=C\C(=N)NC(=O)c1cccc(CN=C2CCCCC2=C(N)C(F)(F)F)c1. The molecule has 156 valence electrons. The average molecular weight is 407 g/mol. The number of nitrogens with zero attached hydrogens (tertiary/aromatic N) is 1. The van der Waals surface area contributed by atoms with Gasteiger partial charge in [0.1, 0.15) is 11.5 Å². The molecule has 1 aromatic rings. The molecule has 1 saturated carbocycles. The molecule has 2 rings (SSSR count). The van der Waals surface area contributed by atoms with Crippen LogP contribution in [0.2, 0.25) is 0 Å². The summed E-state index contributed by atoms with van der Waals surface area (Å²) in [5.74, 6) is -0.528. The Kier molecular flexibility index (Phi) is 7.58. The zero-order chi connectivity index (χ0) is 21.4. The van der Waals surface area contributed by atoms with E-state index in [-0.39, 0.29) is 24.4 Å². The molecule has 0 heterocycles. The highest BCUT2D eigenvalue weighted by atomic mass is 19.4. The van der Waals surface area contributed by atoms with Crippen LogP contribution in [0.4, 0.5) is 13.2 Å². The maximum Gasteiger partial charge on any atom is 0.431 e. The first-order valence-electron chi connectivity index (χ1n) is 9.14. The van der Waals surface area contributed by atoms with Crippen molar-refractivity contribution in [3.05, 3.63) is 58.9 Å². The zero-order valence-corrected chi connectivity index (χ0v) is 16.1. The number of alkyl halides is 3. The van der Waals surface area contributed by atoms with Crippen molar-refractivity contribution in [3.63, 3.8) is 0 Å². The van der Waals surface area contributed by atoms with E-state index in [2.05, 4.69) is 15.6 Å². The molecule has 1 aliphatic carbocycles. The number of halogens is 3. The van der Waals surface area contributed by atoms with E-state index in [9.17, 15) is 18.0 Å². The first kappa shape index (κ1) is 22.2. The number of aliphatic imine (C=N–C) groups is 1. The number of hydrogen-bond donors (Lipinski definition) is 4. The Balaban J connectivity index is 2.16. The third-order valence-corrected chi connectivity index (χ3v) is 4.38. The standard InChI is InChI=1S/C20H24F3N5O/c1-26-10-9-17(24)28-19(29)14-6-4-5-13(11-14)12-27-16-8-3-2-7-15(16)18(25)20(21,22)23/h4-6,9-11,26H,2-3,7-8,12,25H2,1H3,(H2,24,28,29)/b10-9-,18-15?,27-16?. The third-order valence-electron chi connectivity index (χ3n) is 4.38. The van der Waals surface area contributed by atoms with Gasteiger partial charge in [-0.3, -0.25) is 15.2 Å². The van der Waals surface area contributed by atoms with Gasteiger partial charge >= 0.3 is 6.18 Å². The van der Waals surface area contributed by atoms with E-state index in [1.807, 2.05) is 0 Å². The smallest absolute Gasteiger partial charge is 0.394 e. The molecule has 0 bridgehead atoms. The third kappa shape index (κ3) is 6.48. The molecule has 1 aliphatic rings. The van der Waals surface area contributed by atoms with Crippen LogP contribution in [-0.2, 0) is 6.54 Å². The molecule has 6 nitrogen and oxygen atoms in total. The van der Waals surface area contributed by atoms with Gasteiger partial charge in [-0.05, 0) is 55.7 Å². The van der Waals surface area contributed by atoms with Crippen LogP contribution in [-0.4, -0.2) is 30.7 Å². The lowest BCUT2D eigenvalue weighted by Gasteiger charge is -2.21. The number of hydrogen-bond acceptors (Lipinski definition) is 5. The number of amides is 1. The molecule has 0 radical (unpaired) electrons. The average Bonchev–Trinajstić information content (AvgIpc) is 2.70.